The maximum absolute atomic E-state index is 12.7. The number of rotatable bonds is 7. The number of benzene rings is 1. The SMILES string of the molecule is CCOc1cncc(C(=O)C(OCC)c2ccccc2)c1. The first kappa shape index (κ1) is 15.2. The lowest BCUT2D eigenvalue weighted by Gasteiger charge is -2.16. The van der Waals surface area contributed by atoms with Crippen LogP contribution in [0.2, 0.25) is 0 Å². The molecule has 1 unspecified atom stereocenters. The maximum Gasteiger partial charge on any atom is 0.197 e. The van der Waals surface area contributed by atoms with Gasteiger partial charge in [0.25, 0.3) is 0 Å². The van der Waals surface area contributed by atoms with Crippen LogP contribution in [0.25, 0.3) is 0 Å². The molecule has 1 aromatic carbocycles. The molecule has 2 aromatic rings. The first-order valence-corrected chi connectivity index (χ1v) is 7.04. The third-order valence-corrected chi connectivity index (χ3v) is 2.98. The van der Waals surface area contributed by atoms with Gasteiger partial charge in [-0.3, -0.25) is 9.78 Å². The number of aromatic nitrogens is 1. The number of carbonyl (C=O) groups is 1. The summed E-state index contributed by atoms with van der Waals surface area (Å²) >= 11 is 0. The normalized spacial score (nSPS) is 11.9. The van der Waals surface area contributed by atoms with Crippen molar-refractivity contribution >= 4 is 5.78 Å². The van der Waals surface area contributed by atoms with Gasteiger partial charge in [-0.05, 0) is 25.5 Å². The summed E-state index contributed by atoms with van der Waals surface area (Å²) in [6.07, 6.45) is 2.52. The standard InChI is InChI=1S/C17H19NO3/c1-3-20-15-10-14(11-18-12-15)16(19)17(21-4-2)13-8-6-5-7-9-13/h5-12,17H,3-4H2,1-2H3. The van der Waals surface area contributed by atoms with E-state index in [1.165, 1.54) is 0 Å². The number of ketones is 1. The number of Topliss-reactive ketones (excluding diaryl/α,β-unsaturated/α-hetero) is 1. The predicted molar refractivity (Wildman–Crippen MR) is 80.5 cm³/mol. The van der Waals surface area contributed by atoms with Crippen LogP contribution in [0, 0.1) is 0 Å². The Labute approximate surface area is 124 Å². The molecule has 0 aliphatic rings. The summed E-state index contributed by atoms with van der Waals surface area (Å²) in [5.41, 5.74) is 1.33. The molecule has 1 heterocycles. The van der Waals surface area contributed by atoms with Crippen molar-refractivity contribution in [3.05, 3.63) is 59.9 Å². The van der Waals surface area contributed by atoms with E-state index in [9.17, 15) is 4.79 Å². The molecule has 0 spiro atoms. The van der Waals surface area contributed by atoms with Crippen molar-refractivity contribution in [2.45, 2.75) is 20.0 Å². The monoisotopic (exact) mass is 285 g/mol. The second kappa shape index (κ2) is 7.55. The zero-order valence-corrected chi connectivity index (χ0v) is 12.3. The number of ether oxygens (including phenoxy) is 2. The van der Waals surface area contributed by atoms with Gasteiger partial charge in [0, 0.05) is 18.4 Å². The molecule has 0 fully saturated rings. The average Bonchev–Trinajstić information content (AvgIpc) is 2.53. The molecule has 4 heteroatoms. The van der Waals surface area contributed by atoms with Crippen LogP contribution >= 0.6 is 0 Å². The van der Waals surface area contributed by atoms with E-state index < -0.39 is 6.10 Å². The fraction of sp³-hybridized carbons (Fsp3) is 0.294. The Kier molecular flexibility index (Phi) is 5.46. The van der Waals surface area contributed by atoms with Crippen LogP contribution < -0.4 is 4.74 Å². The largest absolute Gasteiger partial charge is 0.492 e. The number of carbonyl (C=O) groups excluding carboxylic acids is 1. The Hall–Kier alpha value is -2.20. The van der Waals surface area contributed by atoms with Crippen LogP contribution in [0.3, 0.4) is 0 Å². The molecule has 0 saturated carbocycles. The lowest BCUT2D eigenvalue weighted by atomic mass is 10.0. The zero-order chi connectivity index (χ0) is 15.1. The minimum Gasteiger partial charge on any atom is -0.492 e. The van der Waals surface area contributed by atoms with Gasteiger partial charge in [0.1, 0.15) is 11.9 Å². The van der Waals surface area contributed by atoms with Crippen molar-refractivity contribution in [1.82, 2.24) is 4.98 Å². The number of hydrogen-bond donors (Lipinski definition) is 0. The fourth-order valence-corrected chi connectivity index (χ4v) is 2.07. The van der Waals surface area contributed by atoms with Crippen LogP contribution in [-0.4, -0.2) is 24.0 Å². The highest BCUT2D eigenvalue weighted by Gasteiger charge is 2.22. The summed E-state index contributed by atoms with van der Waals surface area (Å²) in [6, 6.07) is 11.2. The van der Waals surface area contributed by atoms with E-state index in [0.717, 1.165) is 5.56 Å². The Morgan fingerprint density at radius 3 is 2.57 bits per heavy atom. The van der Waals surface area contributed by atoms with E-state index in [-0.39, 0.29) is 5.78 Å². The summed E-state index contributed by atoms with van der Waals surface area (Å²) in [6.45, 7) is 4.76. The van der Waals surface area contributed by atoms with Crippen molar-refractivity contribution in [3.8, 4) is 5.75 Å². The van der Waals surface area contributed by atoms with Crippen LogP contribution in [0.1, 0.15) is 35.9 Å². The van der Waals surface area contributed by atoms with Crippen LogP contribution in [0.15, 0.2) is 48.8 Å². The smallest absolute Gasteiger partial charge is 0.197 e. The minimum absolute atomic E-state index is 0.114. The van der Waals surface area contributed by atoms with Gasteiger partial charge in [-0.15, -0.1) is 0 Å². The Morgan fingerprint density at radius 1 is 1.14 bits per heavy atom. The third kappa shape index (κ3) is 3.89. The molecule has 0 N–H and O–H groups in total. The number of nitrogens with zero attached hydrogens (tertiary/aromatic N) is 1. The van der Waals surface area contributed by atoms with Gasteiger partial charge in [0.15, 0.2) is 5.78 Å². The van der Waals surface area contributed by atoms with Crippen molar-refractivity contribution in [2.75, 3.05) is 13.2 Å². The zero-order valence-electron chi connectivity index (χ0n) is 12.3. The van der Waals surface area contributed by atoms with Gasteiger partial charge >= 0.3 is 0 Å². The molecule has 0 aliphatic carbocycles. The average molecular weight is 285 g/mol. The van der Waals surface area contributed by atoms with Crippen LogP contribution in [0.5, 0.6) is 5.75 Å². The highest BCUT2D eigenvalue weighted by Crippen LogP contribution is 2.23. The first-order chi connectivity index (χ1) is 10.3. The second-order valence-electron chi connectivity index (χ2n) is 4.45. The van der Waals surface area contributed by atoms with Crippen molar-refractivity contribution in [1.29, 1.82) is 0 Å². The van der Waals surface area contributed by atoms with E-state index >= 15 is 0 Å². The quantitative estimate of drug-likeness (QED) is 0.731. The second-order valence-corrected chi connectivity index (χ2v) is 4.45. The lowest BCUT2D eigenvalue weighted by molar-refractivity contribution is 0.0452. The van der Waals surface area contributed by atoms with Crippen molar-refractivity contribution in [2.24, 2.45) is 0 Å². The van der Waals surface area contributed by atoms with E-state index in [1.807, 2.05) is 44.2 Å². The fourth-order valence-electron chi connectivity index (χ4n) is 2.07. The molecule has 21 heavy (non-hydrogen) atoms. The Morgan fingerprint density at radius 2 is 1.90 bits per heavy atom. The minimum atomic E-state index is -0.616. The number of hydrogen-bond acceptors (Lipinski definition) is 4. The van der Waals surface area contributed by atoms with Gasteiger partial charge in [0.2, 0.25) is 0 Å². The van der Waals surface area contributed by atoms with Crippen molar-refractivity contribution in [3.63, 3.8) is 0 Å². The molecule has 4 nitrogen and oxygen atoms in total. The van der Waals surface area contributed by atoms with Crippen LogP contribution in [-0.2, 0) is 4.74 Å². The molecule has 1 aromatic heterocycles. The topological polar surface area (TPSA) is 48.4 Å². The molecule has 0 aliphatic heterocycles. The van der Waals surface area contributed by atoms with E-state index in [0.29, 0.717) is 24.5 Å². The van der Waals surface area contributed by atoms with Crippen LogP contribution in [0.4, 0.5) is 0 Å². The first-order valence-electron chi connectivity index (χ1n) is 7.04. The van der Waals surface area contributed by atoms with Gasteiger partial charge < -0.3 is 9.47 Å². The summed E-state index contributed by atoms with van der Waals surface area (Å²) in [5.74, 6) is 0.476. The highest BCUT2D eigenvalue weighted by atomic mass is 16.5. The van der Waals surface area contributed by atoms with Gasteiger partial charge in [-0.1, -0.05) is 30.3 Å². The Bertz CT molecular complexity index is 584. The van der Waals surface area contributed by atoms with Crippen molar-refractivity contribution < 1.29 is 14.3 Å². The maximum atomic E-state index is 12.7. The molecule has 0 radical (unpaired) electrons. The highest BCUT2D eigenvalue weighted by molar-refractivity contribution is 6.00. The van der Waals surface area contributed by atoms with E-state index in [1.54, 1.807) is 18.5 Å². The number of pyridine rings is 1. The lowest BCUT2D eigenvalue weighted by Crippen LogP contribution is -2.16. The molecule has 0 saturated heterocycles. The van der Waals surface area contributed by atoms with Gasteiger partial charge in [-0.2, -0.15) is 0 Å². The van der Waals surface area contributed by atoms with Gasteiger partial charge in [0.05, 0.1) is 12.8 Å². The predicted octanol–water partition coefficient (Wildman–Crippen LogP) is 3.44. The Balaban J connectivity index is 2.28. The molecule has 0 bridgehead atoms. The molecule has 1 atom stereocenters. The molecule has 0 amide bonds. The van der Waals surface area contributed by atoms with Gasteiger partial charge in [-0.25, -0.2) is 0 Å². The molecule has 2 rings (SSSR count). The summed E-state index contributed by atoms with van der Waals surface area (Å²) < 4.78 is 11.0. The summed E-state index contributed by atoms with van der Waals surface area (Å²) in [4.78, 5) is 16.7. The van der Waals surface area contributed by atoms with E-state index in [2.05, 4.69) is 4.98 Å². The third-order valence-electron chi connectivity index (χ3n) is 2.98. The molecular formula is C17H19NO3. The summed E-state index contributed by atoms with van der Waals surface area (Å²) in [5, 5.41) is 0. The van der Waals surface area contributed by atoms with E-state index in [4.69, 9.17) is 9.47 Å². The summed E-state index contributed by atoms with van der Waals surface area (Å²) in [7, 11) is 0. The molecular weight excluding hydrogens is 266 g/mol. The molecule has 110 valence electrons.